The zero-order valence-corrected chi connectivity index (χ0v) is 16.0. The van der Waals surface area contributed by atoms with E-state index in [0.29, 0.717) is 33.6 Å². The summed E-state index contributed by atoms with van der Waals surface area (Å²) in [4.78, 5) is 12.3. The molecule has 0 atom stereocenters. The maximum atomic E-state index is 12.3. The summed E-state index contributed by atoms with van der Waals surface area (Å²) in [5.74, 6) is 0.179. The van der Waals surface area contributed by atoms with Gasteiger partial charge in [-0.15, -0.1) is 0 Å². The van der Waals surface area contributed by atoms with E-state index in [1.165, 1.54) is 26.5 Å². The van der Waals surface area contributed by atoms with E-state index in [1.54, 1.807) is 24.3 Å². The fourth-order valence-corrected chi connectivity index (χ4v) is 2.56. The molecule has 4 N–H and O–H groups in total. The first-order valence-corrected chi connectivity index (χ1v) is 8.30. The van der Waals surface area contributed by atoms with E-state index in [-0.39, 0.29) is 10.6 Å². The monoisotopic (exact) mass is 406 g/mol. The van der Waals surface area contributed by atoms with Crippen molar-refractivity contribution in [3.8, 4) is 17.6 Å². The number of nitriles is 1. The number of nitrogens with two attached hydrogens (primary N) is 1. The van der Waals surface area contributed by atoms with Crippen molar-refractivity contribution < 1.29 is 14.3 Å². The number of benzene rings is 2. The van der Waals surface area contributed by atoms with Gasteiger partial charge in [0.1, 0.15) is 23.1 Å². The predicted octanol–water partition coefficient (Wildman–Crippen LogP) is 4.05. The molecule has 0 aliphatic rings. The number of hydrogen-bond donors (Lipinski definition) is 3. The fraction of sp³-hybridized carbons (Fsp3) is 0.111. The molecule has 1 amide bonds. The van der Waals surface area contributed by atoms with Crippen LogP contribution in [0.5, 0.6) is 11.5 Å². The van der Waals surface area contributed by atoms with Gasteiger partial charge in [-0.3, -0.25) is 4.79 Å². The number of nitrogens with zero attached hydrogens (tertiary/aromatic N) is 1. The lowest BCUT2D eigenvalue weighted by molar-refractivity contribution is -0.112. The molecule has 9 heteroatoms. The Kier molecular flexibility index (Phi) is 6.77. The van der Waals surface area contributed by atoms with E-state index < -0.39 is 5.91 Å². The molecule has 7 nitrogen and oxygen atoms in total. The van der Waals surface area contributed by atoms with Crippen LogP contribution in [0, 0.1) is 11.3 Å². The molecule has 0 heterocycles. The number of methoxy groups -OCH3 is 2. The maximum absolute atomic E-state index is 12.3. The second-order valence-electron chi connectivity index (χ2n) is 5.19. The molecule has 0 aliphatic carbocycles. The van der Waals surface area contributed by atoms with Gasteiger partial charge in [-0.1, -0.05) is 23.2 Å². The minimum atomic E-state index is -0.642. The average molecular weight is 407 g/mol. The van der Waals surface area contributed by atoms with Crippen molar-refractivity contribution in [1.29, 1.82) is 5.26 Å². The number of nitrogen functional groups attached to an aromatic ring is 1. The summed E-state index contributed by atoms with van der Waals surface area (Å²) in [5.41, 5.74) is 6.69. The summed E-state index contributed by atoms with van der Waals surface area (Å²) in [6.07, 6.45) is 1.24. The Morgan fingerprint density at radius 3 is 2.41 bits per heavy atom. The highest BCUT2D eigenvalue weighted by atomic mass is 35.5. The Morgan fingerprint density at radius 2 is 1.81 bits per heavy atom. The Balaban J connectivity index is 2.23. The number of hydrogen-bond acceptors (Lipinski definition) is 6. The van der Waals surface area contributed by atoms with E-state index in [4.69, 9.17) is 38.4 Å². The number of ether oxygens (including phenoxy) is 2. The highest BCUT2D eigenvalue weighted by molar-refractivity contribution is 6.34. The van der Waals surface area contributed by atoms with Crippen molar-refractivity contribution in [2.24, 2.45) is 0 Å². The van der Waals surface area contributed by atoms with Crippen LogP contribution in [0.25, 0.3) is 0 Å². The lowest BCUT2D eigenvalue weighted by Gasteiger charge is -2.12. The third-order valence-electron chi connectivity index (χ3n) is 3.45. The van der Waals surface area contributed by atoms with E-state index >= 15 is 0 Å². The molecule has 27 heavy (non-hydrogen) atoms. The minimum Gasteiger partial charge on any atom is -0.495 e. The topological polar surface area (TPSA) is 109 Å². The van der Waals surface area contributed by atoms with Crippen molar-refractivity contribution in [3.05, 3.63) is 52.2 Å². The Bertz CT molecular complexity index is 939. The van der Waals surface area contributed by atoms with Gasteiger partial charge in [0.25, 0.3) is 5.91 Å². The molecule has 140 valence electrons. The lowest BCUT2D eigenvalue weighted by atomic mass is 10.2. The molecule has 0 aromatic heterocycles. The van der Waals surface area contributed by atoms with Crippen LogP contribution in [-0.4, -0.2) is 20.1 Å². The number of carbonyl (C=O) groups excluding carboxylic acids is 1. The maximum Gasteiger partial charge on any atom is 0.267 e. The van der Waals surface area contributed by atoms with Crippen molar-refractivity contribution >= 4 is 46.2 Å². The van der Waals surface area contributed by atoms with Crippen LogP contribution in [0.2, 0.25) is 10.0 Å². The standard InChI is InChI=1S/C18H16Cl2N4O3/c1-26-16-7-15(17(27-2)6-13(16)20)23-9-10(8-21)18(25)24-14-4-3-11(22)5-12(14)19/h3-7,9,23H,22H2,1-2H3,(H,24,25)/b10-9-. The summed E-state index contributed by atoms with van der Waals surface area (Å²) in [7, 11) is 2.94. The SMILES string of the molecule is COc1cc(N/C=C(/C#N)C(=O)Nc2ccc(N)cc2Cl)c(OC)cc1Cl. The Morgan fingerprint density at radius 1 is 1.11 bits per heavy atom. The van der Waals surface area contributed by atoms with Crippen LogP contribution in [-0.2, 0) is 4.79 Å². The van der Waals surface area contributed by atoms with Crippen LogP contribution in [0.1, 0.15) is 0 Å². The predicted molar refractivity (Wildman–Crippen MR) is 106 cm³/mol. The van der Waals surface area contributed by atoms with Gasteiger partial charge in [0.2, 0.25) is 0 Å². The van der Waals surface area contributed by atoms with Gasteiger partial charge >= 0.3 is 0 Å². The molecule has 0 bridgehead atoms. The highest BCUT2D eigenvalue weighted by Crippen LogP contribution is 2.36. The van der Waals surface area contributed by atoms with Gasteiger partial charge < -0.3 is 25.8 Å². The number of nitrogens with one attached hydrogen (secondary N) is 2. The Labute approximate surface area is 166 Å². The van der Waals surface area contributed by atoms with Crippen LogP contribution in [0.15, 0.2) is 42.1 Å². The normalized spacial score (nSPS) is 10.7. The second-order valence-corrected chi connectivity index (χ2v) is 6.01. The third kappa shape index (κ3) is 4.97. The molecule has 0 fully saturated rings. The van der Waals surface area contributed by atoms with Gasteiger partial charge in [-0.2, -0.15) is 5.26 Å². The summed E-state index contributed by atoms with van der Waals surface area (Å²) in [6, 6.07) is 9.58. The minimum absolute atomic E-state index is 0.182. The Hall–Kier alpha value is -3.08. The molecule has 0 spiro atoms. The van der Waals surface area contributed by atoms with Crippen LogP contribution >= 0.6 is 23.2 Å². The van der Waals surface area contributed by atoms with Crippen LogP contribution in [0.4, 0.5) is 17.1 Å². The number of anilines is 3. The molecular weight excluding hydrogens is 391 g/mol. The molecule has 2 rings (SSSR count). The summed E-state index contributed by atoms with van der Waals surface area (Å²) in [5, 5.41) is 15.3. The number of carbonyl (C=O) groups is 1. The largest absolute Gasteiger partial charge is 0.495 e. The van der Waals surface area contributed by atoms with Crippen LogP contribution in [0.3, 0.4) is 0 Å². The van der Waals surface area contributed by atoms with Gasteiger partial charge in [0, 0.05) is 24.0 Å². The molecule has 0 saturated carbocycles. The van der Waals surface area contributed by atoms with Crippen LogP contribution < -0.4 is 25.8 Å². The van der Waals surface area contributed by atoms with E-state index in [9.17, 15) is 10.1 Å². The molecule has 2 aromatic carbocycles. The van der Waals surface area contributed by atoms with Crippen molar-refractivity contribution in [1.82, 2.24) is 0 Å². The van der Waals surface area contributed by atoms with Crippen molar-refractivity contribution in [2.45, 2.75) is 0 Å². The smallest absolute Gasteiger partial charge is 0.267 e. The fourth-order valence-electron chi connectivity index (χ4n) is 2.09. The van der Waals surface area contributed by atoms with Gasteiger partial charge in [-0.05, 0) is 18.2 Å². The molecular formula is C18H16Cl2N4O3. The first-order valence-electron chi connectivity index (χ1n) is 7.54. The molecule has 0 aliphatic heterocycles. The first kappa shape index (κ1) is 20.2. The first-order chi connectivity index (χ1) is 12.9. The third-order valence-corrected chi connectivity index (χ3v) is 4.06. The molecule has 2 aromatic rings. The average Bonchev–Trinajstić information content (AvgIpc) is 2.65. The summed E-state index contributed by atoms with van der Waals surface area (Å²) >= 11 is 12.1. The molecule has 0 unspecified atom stereocenters. The zero-order valence-electron chi connectivity index (χ0n) is 14.5. The molecule has 0 radical (unpaired) electrons. The highest BCUT2D eigenvalue weighted by Gasteiger charge is 2.13. The van der Waals surface area contributed by atoms with E-state index in [1.807, 2.05) is 6.07 Å². The van der Waals surface area contributed by atoms with E-state index in [2.05, 4.69) is 10.6 Å². The molecule has 0 saturated heterocycles. The van der Waals surface area contributed by atoms with Crippen molar-refractivity contribution in [3.63, 3.8) is 0 Å². The summed E-state index contributed by atoms with van der Waals surface area (Å²) < 4.78 is 10.4. The van der Waals surface area contributed by atoms with Gasteiger partial charge in [0.05, 0.1) is 35.6 Å². The number of halogens is 2. The number of rotatable bonds is 6. The van der Waals surface area contributed by atoms with Crippen molar-refractivity contribution in [2.75, 3.05) is 30.6 Å². The van der Waals surface area contributed by atoms with Gasteiger partial charge in [0.15, 0.2) is 0 Å². The van der Waals surface area contributed by atoms with Gasteiger partial charge in [-0.25, -0.2) is 0 Å². The summed E-state index contributed by atoms with van der Waals surface area (Å²) in [6.45, 7) is 0. The number of amides is 1. The van der Waals surface area contributed by atoms with E-state index in [0.717, 1.165) is 0 Å². The zero-order chi connectivity index (χ0) is 20.0. The quantitative estimate of drug-likeness (QED) is 0.379. The lowest BCUT2D eigenvalue weighted by Crippen LogP contribution is -2.15. The second kappa shape index (κ2) is 9.03.